The van der Waals surface area contributed by atoms with Crippen molar-refractivity contribution in [2.45, 2.75) is 51.0 Å². The van der Waals surface area contributed by atoms with Crippen LogP contribution >= 0.6 is 0 Å². The topological polar surface area (TPSA) is 55.1 Å². The molecule has 0 amide bonds. The van der Waals surface area contributed by atoms with Gasteiger partial charge in [0.25, 0.3) is 0 Å². The predicted octanol–water partition coefficient (Wildman–Crippen LogP) is 3.16. The third kappa shape index (κ3) is 2.81. The molecule has 0 radical (unpaired) electrons. The number of hydrogen-bond donors (Lipinski definition) is 1. The Labute approximate surface area is 119 Å². The highest BCUT2D eigenvalue weighted by Crippen LogP contribution is 2.38. The molecule has 3 rings (SSSR count). The van der Waals surface area contributed by atoms with Crippen molar-refractivity contribution in [1.29, 1.82) is 0 Å². The quantitative estimate of drug-likeness (QED) is 0.621. The Morgan fingerprint density at radius 3 is 3.05 bits per heavy atom. The monoisotopic (exact) mass is 271 g/mol. The third-order valence-electron chi connectivity index (χ3n) is 3.67. The first-order valence-electron chi connectivity index (χ1n) is 7.37. The van der Waals surface area contributed by atoms with E-state index in [2.05, 4.69) is 34.1 Å². The molecule has 2 aromatic rings. The van der Waals surface area contributed by atoms with Gasteiger partial charge < -0.3 is 5.32 Å². The van der Waals surface area contributed by atoms with E-state index in [9.17, 15) is 0 Å². The zero-order valence-corrected chi connectivity index (χ0v) is 11.9. The summed E-state index contributed by atoms with van der Waals surface area (Å²) in [6.45, 7) is 5.94. The Morgan fingerprint density at radius 1 is 1.45 bits per heavy atom. The average molecular weight is 271 g/mol. The molecule has 0 aliphatic heterocycles. The lowest BCUT2D eigenvalue weighted by molar-refractivity contribution is 0.657. The minimum absolute atomic E-state index is 0.403. The van der Waals surface area contributed by atoms with E-state index in [4.69, 9.17) is 0 Å². The van der Waals surface area contributed by atoms with Gasteiger partial charge >= 0.3 is 0 Å². The van der Waals surface area contributed by atoms with Gasteiger partial charge in [-0.05, 0) is 51.2 Å². The Hall–Kier alpha value is -1.91. The Balaban J connectivity index is 1.71. The normalized spacial score (nSPS) is 16.2. The van der Waals surface area contributed by atoms with Crippen LogP contribution in [0.5, 0.6) is 0 Å². The van der Waals surface area contributed by atoms with Gasteiger partial charge in [-0.25, -0.2) is 0 Å². The predicted molar refractivity (Wildman–Crippen MR) is 79.9 cm³/mol. The first kappa shape index (κ1) is 13.1. The second-order valence-corrected chi connectivity index (χ2v) is 5.59. The van der Waals surface area contributed by atoms with Crippen molar-refractivity contribution < 1.29 is 0 Å². The molecule has 1 fully saturated rings. The van der Waals surface area contributed by atoms with Crippen molar-refractivity contribution in [3.63, 3.8) is 0 Å². The molecule has 0 saturated heterocycles. The summed E-state index contributed by atoms with van der Waals surface area (Å²) in [5.74, 6) is 2.45. The lowest BCUT2D eigenvalue weighted by Crippen LogP contribution is -2.16. The van der Waals surface area contributed by atoms with E-state index >= 15 is 0 Å². The maximum absolute atomic E-state index is 4.63. The number of allylic oxidation sites excluding steroid dienone is 1. The first-order chi connectivity index (χ1) is 9.78. The molecule has 0 spiro atoms. The average Bonchev–Trinajstić information content (AvgIpc) is 3.19. The van der Waals surface area contributed by atoms with Crippen LogP contribution in [0.4, 0.5) is 5.82 Å². The lowest BCUT2D eigenvalue weighted by atomic mass is 10.1. The molecule has 5 heteroatoms. The summed E-state index contributed by atoms with van der Waals surface area (Å²) in [6.07, 6.45) is 7.71. The molecule has 0 bridgehead atoms. The van der Waals surface area contributed by atoms with Crippen molar-refractivity contribution >= 4 is 11.5 Å². The summed E-state index contributed by atoms with van der Waals surface area (Å²) >= 11 is 0. The van der Waals surface area contributed by atoms with Crippen LogP contribution < -0.4 is 5.32 Å². The maximum Gasteiger partial charge on any atom is 0.178 e. The van der Waals surface area contributed by atoms with Gasteiger partial charge in [0, 0.05) is 12.0 Å². The molecular formula is C15H21N5. The summed E-state index contributed by atoms with van der Waals surface area (Å²) in [6, 6.07) is 4.36. The van der Waals surface area contributed by atoms with E-state index in [1.54, 1.807) is 0 Å². The van der Waals surface area contributed by atoms with E-state index < -0.39 is 0 Å². The molecule has 106 valence electrons. The summed E-state index contributed by atoms with van der Waals surface area (Å²) in [4.78, 5) is 0. The van der Waals surface area contributed by atoms with E-state index in [1.807, 2.05) is 22.7 Å². The molecule has 1 saturated carbocycles. The standard InChI is InChI=1S/C15H21N5/c1-3-4-5-6-11(2)16-13-9-10-14-17-18-15(12-7-8-12)20(14)19-13/h3,9-12H,1,4-8H2,2H3,(H,16,19). The van der Waals surface area contributed by atoms with Crippen LogP contribution in [-0.2, 0) is 0 Å². The highest BCUT2D eigenvalue weighted by Gasteiger charge is 2.29. The van der Waals surface area contributed by atoms with E-state index in [1.165, 1.54) is 12.8 Å². The van der Waals surface area contributed by atoms with Crippen molar-refractivity contribution in [3.05, 3.63) is 30.6 Å². The molecule has 0 aromatic carbocycles. The minimum Gasteiger partial charge on any atom is -0.366 e. The summed E-state index contributed by atoms with van der Waals surface area (Å²) in [5.41, 5.74) is 0.830. The first-order valence-corrected chi connectivity index (χ1v) is 7.37. The van der Waals surface area contributed by atoms with E-state index in [-0.39, 0.29) is 0 Å². The van der Waals surface area contributed by atoms with Gasteiger partial charge in [-0.1, -0.05) is 6.08 Å². The number of anilines is 1. The third-order valence-corrected chi connectivity index (χ3v) is 3.67. The Bertz CT molecular complexity index is 599. The second kappa shape index (κ2) is 5.61. The molecular weight excluding hydrogens is 250 g/mol. The molecule has 1 aliphatic carbocycles. The number of unbranched alkanes of at least 4 members (excludes halogenated alkanes) is 1. The molecule has 20 heavy (non-hydrogen) atoms. The summed E-state index contributed by atoms with van der Waals surface area (Å²) < 4.78 is 1.89. The van der Waals surface area contributed by atoms with Crippen molar-refractivity contribution in [1.82, 2.24) is 19.8 Å². The van der Waals surface area contributed by atoms with Gasteiger partial charge in [-0.15, -0.1) is 21.9 Å². The van der Waals surface area contributed by atoms with Crippen molar-refractivity contribution in [2.75, 3.05) is 5.32 Å². The van der Waals surface area contributed by atoms with E-state index in [0.717, 1.165) is 36.6 Å². The highest BCUT2D eigenvalue weighted by molar-refractivity contribution is 5.44. The number of aromatic nitrogens is 4. The number of hydrogen-bond acceptors (Lipinski definition) is 4. The minimum atomic E-state index is 0.403. The van der Waals surface area contributed by atoms with Crippen LogP contribution in [0.3, 0.4) is 0 Å². The fourth-order valence-electron chi connectivity index (χ4n) is 2.37. The number of fused-ring (bicyclic) bond motifs is 1. The summed E-state index contributed by atoms with van der Waals surface area (Å²) in [7, 11) is 0. The Morgan fingerprint density at radius 2 is 2.30 bits per heavy atom. The molecule has 1 atom stereocenters. The van der Waals surface area contributed by atoms with Crippen molar-refractivity contribution in [3.8, 4) is 0 Å². The maximum atomic E-state index is 4.63. The van der Waals surface area contributed by atoms with Crippen molar-refractivity contribution in [2.24, 2.45) is 0 Å². The fourth-order valence-corrected chi connectivity index (χ4v) is 2.37. The molecule has 5 nitrogen and oxygen atoms in total. The van der Waals surface area contributed by atoms with Crippen LogP contribution in [0.25, 0.3) is 5.65 Å². The smallest absolute Gasteiger partial charge is 0.178 e. The number of nitrogens with zero attached hydrogens (tertiary/aromatic N) is 4. The molecule has 1 aliphatic rings. The van der Waals surface area contributed by atoms with Gasteiger partial charge in [-0.2, -0.15) is 4.52 Å². The van der Waals surface area contributed by atoms with Gasteiger partial charge in [0.1, 0.15) is 5.82 Å². The van der Waals surface area contributed by atoms with Crippen LogP contribution in [0.2, 0.25) is 0 Å². The van der Waals surface area contributed by atoms with Crippen LogP contribution in [0, 0.1) is 0 Å². The summed E-state index contributed by atoms with van der Waals surface area (Å²) in [5, 5.41) is 16.5. The Kier molecular flexibility index (Phi) is 3.67. The van der Waals surface area contributed by atoms with Gasteiger partial charge in [0.2, 0.25) is 0 Å². The highest BCUT2D eigenvalue weighted by atomic mass is 15.4. The lowest BCUT2D eigenvalue weighted by Gasteiger charge is -2.13. The zero-order valence-electron chi connectivity index (χ0n) is 11.9. The molecule has 2 aromatic heterocycles. The largest absolute Gasteiger partial charge is 0.366 e. The molecule has 2 heterocycles. The second-order valence-electron chi connectivity index (χ2n) is 5.59. The van der Waals surface area contributed by atoms with Gasteiger partial charge in [0.05, 0.1) is 0 Å². The van der Waals surface area contributed by atoms with Gasteiger partial charge in [0.15, 0.2) is 11.5 Å². The van der Waals surface area contributed by atoms with Crippen LogP contribution in [-0.4, -0.2) is 25.9 Å². The van der Waals surface area contributed by atoms with Crippen LogP contribution in [0.1, 0.15) is 50.8 Å². The fraction of sp³-hybridized carbons (Fsp3) is 0.533. The molecule has 1 N–H and O–H groups in total. The SMILES string of the molecule is C=CCCCC(C)Nc1ccc2nnc(C3CC3)n2n1. The van der Waals surface area contributed by atoms with E-state index in [0.29, 0.717) is 12.0 Å². The zero-order chi connectivity index (χ0) is 13.9. The number of rotatable bonds is 7. The van der Waals surface area contributed by atoms with Crippen LogP contribution in [0.15, 0.2) is 24.8 Å². The number of nitrogens with one attached hydrogen (secondary N) is 1. The van der Waals surface area contributed by atoms with Gasteiger partial charge in [-0.3, -0.25) is 0 Å². The molecule has 1 unspecified atom stereocenters.